The molecule has 5 heteroatoms. The number of fused-ring (bicyclic) bond motifs is 1. The Hall–Kier alpha value is -2.27. The first-order valence-electron chi connectivity index (χ1n) is 9.05. The normalized spacial score (nSPS) is 19.7. The summed E-state index contributed by atoms with van der Waals surface area (Å²) in [6.45, 7) is 0. The summed E-state index contributed by atoms with van der Waals surface area (Å²) in [4.78, 5) is 25.8. The van der Waals surface area contributed by atoms with E-state index in [4.69, 9.17) is 4.74 Å². The third kappa shape index (κ3) is 3.78. The molecule has 4 rings (SSSR count). The fourth-order valence-electron chi connectivity index (χ4n) is 3.52. The molecule has 1 unspecified atom stereocenters. The molecule has 1 atom stereocenters. The molecular formula is C21H21NO3S. The van der Waals surface area contributed by atoms with Gasteiger partial charge in [0.15, 0.2) is 6.10 Å². The number of hydrogen-bond acceptors (Lipinski definition) is 4. The zero-order valence-electron chi connectivity index (χ0n) is 14.4. The van der Waals surface area contributed by atoms with Gasteiger partial charge in [0.2, 0.25) is 0 Å². The number of esters is 1. The van der Waals surface area contributed by atoms with Crippen LogP contribution in [0.1, 0.15) is 41.6 Å². The fraction of sp³-hybridized carbons (Fsp3) is 0.333. The third-order valence-electron chi connectivity index (χ3n) is 4.91. The fourth-order valence-corrected chi connectivity index (χ4v) is 4.76. The maximum absolute atomic E-state index is 12.5. The molecule has 1 amide bonds. The maximum atomic E-state index is 12.5. The lowest BCUT2D eigenvalue weighted by atomic mass is 9.98. The van der Waals surface area contributed by atoms with E-state index in [1.807, 2.05) is 48.2 Å². The first-order valence-corrected chi connectivity index (χ1v) is 9.93. The highest BCUT2D eigenvalue weighted by molar-refractivity contribution is 8.00. The summed E-state index contributed by atoms with van der Waals surface area (Å²) in [5.74, 6) is -0.723. The molecule has 1 fully saturated rings. The Bertz CT molecular complexity index is 812. The van der Waals surface area contributed by atoms with Gasteiger partial charge >= 0.3 is 5.97 Å². The molecule has 134 valence electrons. The molecule has 0 spiro atoms. The number of ether oxygens (including phenoxy) is 1. The van der Waals surface area contributed by atoms with E-state index in [9.17, 15) is 9.59 Å². The second-order valence-electron chi connectivity index (χ2n) is 6.79. The average molecular weight is 367 g/mol. The Kier molecular flexibility index (Phi) is 4.98. The van der Waals surface area contributed by atoms with Crippen molar-refractivity contribution < 1.29 is 14.3 Å². The lowest BCUT2D eigenvalue weighted by Crippen LogP contribution is -2.37. The van der Waals surface area contributed by atoms with Crippen molar-refractivity contribution in [2.75, 3.05) is 5.32 Å². The van der Waals surface area contributed by atoms with Gasteiger partial charge in [0.1, 0.15) is 0 Å². The Morgan fingerprint density at radius 1 is 1.04 bits per heavy atom. The van der Waals surface area contributed by atoms with Gasteiger partial charge < -0.3 is 10.1 Å². The van der Waals surface area contributed by atoms with Crippen molar-refractivity contribution >= 4 is 29.3 Å². The molecule has 4 nitrogen and oxygen atoms in total. The lowest BCUT2D eigenvalue weighted by Gasteiger charge is -2.23. The number of carbonyl (C=O) groups is 2. The largest absolute Gasteiger partial charge is 0.448 e. The second kappa shape index (κ2) is 7.54. The van der Waals surface area contributed by atoms with Crippen LogP contribution in [0.5, 0.6) is 0 Å². The molecule has 2 aromatic rings. The van der Waals surface area contributed by atoms with Gasteiger partial charge in [-0.05, 0) is 48.7 Å². The molecule has 26 heavy (non-hydrogen) atoms. The third-order valence-corrected chi connectivity index (χ3v) is 6.26. The van der Waals surface area contributed by atoms with Crippen LogP contribution in [0.3, 0.4) is 0 Å². The van der Waals surface area contributed by atoms with E-state index in [0.29, 0.717) is 12.0 Å². The van der Waals surface area contributed by atoms with Gasteiger partial charge in [-0.2, -0.15) is 0 Å². The van der Waals surface area contributed by atoms with Gasteiger partial charge in [0.25, 0.3) is 5.91 Å². The Balaban J connectivity index is 1.38. The van der Waals surface area contributed by atoms with E-state index in [0.717, 1.165) is 16.5 Å². The minimum absolute atomic E-state index is 0.288. The average Bonchev–Trinajstić information content (AvgIpc) is 3.16. The summed E-state index contributed by atoms with van der Waals surface area (Å²) >= 11 is 1.92. The minimum Gasteiger partial charge on any atom is -0.448 e. The topological polar surface area (TPSA) is 55.4 Å². The van der Waals surface area contributed by atoms with Crippen LogP contribution in [0.25, 0.3) is 0 Å². The van der Waals surface area contributed by atoms with Crippen LogP contribution in [0.15, 0.2) is 53.4 Å². The quantitative estimate of drug-likeness (QED) is 0.812. The van der Waals surface area contributed by atoms with Crippen LogP contribution in [-0.2, 0) is 16.0 Å². The van der Waals surface area contributed by atoms with Crippen LogP contribution >= 0.6 is 11.8 Å². The van der Waals surface area contributed by atoms with E-state index in [2.05, 4.69) is 5.32 Å². The first kappa shape index (κ1) is 17.2. The second-order valence-corrected chi connectivity index (χ2v) is 8.17. The molecular weight excluding hydrogens is 346 g/mol. The molecule has 0 radical (unpaired) electrons. The Labute approximate surface area is 157 Å². The molecule has 0 aromatic heterocycles. The number of hydrogen-bond donors (Lipinski definition) is 1. The summed E-state index contributed by atoms with van der Waals surface area (Å²) in [6, 6.07) is 15.2. The predicted octanol–water partition coefficient (Wildman–Crippen LogP) is 4.44. The van der Waals surface area contributed by atoms with Crippen molar-refractivity contribution in [1.82, 2.24) is 0 Å². The minimum atomic E-state index is -0.787. The van der Waals surface area contributed by atoms with E-state index >= 15 is 0 Å². The number of cyclic esters (lactones) is 1. The Morgan fingerprint density at radius 2 is 1.77 bits per heavy atom. The van der Waals surface area contributed by atoms with Gasteiger partial charge in [-0.1, -0.05) is 31.0 Å². The summed E-state index contributed by atoms with van der Waals surface area (Å²) in [6.07, 6.45) is 4.85. The highest BCUT2D eigenvalue weighted by Crippen LogP contribution is 2.35. The SMILES string of the molecule is O=C1OC(C(=O)Nc2ccc(SC3CCCC3)cc2)Cc2ccccc21. The van der Waals surface area contributed by atoms with Crippen LogP contribution in [0, 0.1) is 0 Å². The molecule has 1 aliphatic carbocycles. The summed E-state index contributed by atoms with van der Waals surface area (Å²) in [5, 5.41) is 3.58. The first-order chi connectivity index (χ1) is 12.7. The van der Waals surface area contributed by atoms with Gasteiger partial charge in [-0.25, -0.2) is 4.79 Å². The number of thioether (sulfide) groups is 1. The summed E-state index contributed by atoms with van der Waals surface area (Å²) in [5.41, 5.74) is 2.12. The van der Waals surface area contributed by atoms with Crippen molar-refractivity contribution in [2.45, 2.75) is 48.4 Å². The molecule has 1 heterocycles. The molecule has 1 saturated carbocycles. The molecule has 1 N–H and O–H groups in total. The van der Waals surface area contributed by atoms with Crippen LogP contribution in [0.2, 0.25) is 0 Å². The van der Waals surface area contributed by atoms with Crippen molar-refractivity contribution in [3.05, 3.63) is 59.7 Å². The van der Waals surface area contributed by atoms with Crippen LogP contribution in [-0.4, -0.2) is 23.2 Å². The molecule has 0 saturated heterocycles. The monoisotopic (exact) mass is 367 g/mol. The Morgan fingerprint density at radius 3 is 2.54 bits per heavy atom. The van der Waals surface area contributed by atoms with Crippen molar-refractivity contribution in [2.24, 2.45) is 0 Å². The number of benzene rings is 2. The van der Waals surface area contributed by atoms with Gasteiger partial charge in [-0.3, -0.25) is 4.79 Å². The van der Waals surface area contributed by atoms with E-state index in [-0.39, 0.29) is 5.91 Å². The predicted molar refractivity (Wildman–Crippen MR) is 103 cm³/mol. The molecule has 2 aliphatic rings. The highest BCUT2D eigenvalue weighted by atomic mass is 32.2. The maximum Gasteiger partial charge on any atom is 0.339 e. The number of rotatable bonds is 4. The smallest absolute Gasteiger partial charge is 0.339 e. The van der Waals surface area contributed by atoms with E-state index in [1.54, 1.807) is 12.1 Å². The highest BCUT2D eigenvalue weighted by Gasteiger charge is 2.31. The zero-order valence-corrected chi connectivity index (χ0v) is 15.3. The standard InChI is InChI=1S/C21H21NO3S/c23-20(19-13-14-5-1-4-8-18(14)21(24)25-19)22-15-9-11-17(12-10-15)26-16-6-2-3-7-16/h1,4-5,8-12,16,19H,2-3,6-7,13H2,(H,22,23). The van der Waals surface area contributed by atoms with Crippen molar-refractivity contribution in [3.8, 4) is 0 Å². The van der Waals surface area contributed by atoms with Gasteiger partial charge in [0, 0.05) is 22.3 Å². The summed E-state index contributed by atoms with van der Waals surface area (Å²) < 4.78 is 5.30. The molecule has 0 bridgehead atoms. The van der Waals surface area contributed by atoms with Crippen molar-refractivity contribution in [3.63, 3.8) is 0 Å². The van der Waals surface area contributed by atoms with Gasteiger partial charge in [0.05, 0.1) is 5.56 Å². The van der Waals surface area contributed by atoms with Crippen LogP contribution < -0.4 is 5.32 Å². The van der Waals surface area contributed by atoms with E-state index < -0.39 is 12.1 Å². The molecule has 1 aliphatic heterocycles. The van der Waals surface area contributed by atoms with Gasteiger partial charge in [-0.15, -0.1) is 11.8 Å². The van der Waals surface area contributed by atoms with E-state index in [1.165, 1.54) is 30.6 Å². The number of amides is 1. The zero-order chi connectivity index (χ0) is 17.9. The van der Waals surface area contributed by atoms with Crippen LogP contribution in [0.4, 0.5) is 5.69 Å². The lowest BCUT2D eigenvalue weighted by molar-refractivity contribution is -0.125. The number of anilines is 1. The number of carbonyl (C=O) groups excluding carboxylic acids is 2. The number of nitrogens with one attached hydrogen (secondary N) is 1. The molecule has 2 aromatic carbocycles. The van der Waals surface area contributed by atoms with Crippen molar-refractivity contribution in [1.29, 1.82) is 0 Å². The summed E-state index contributed by atoms with van der Waals surface area (Å²) in [7, 11) is 0.